The number of carbonyl (C=O) groups excluding carboxylic acids is 1. The maximum Gasteiger partial charge on any atom is 0.257 e. The third-order valence-corrected chi connectivity index (χ3v) is 3.08. The van der Waals surface area contributed by atoms with Gasteiger partial charge >= 0.3 is 0 Å². The molecule has 18 heavy (non-hydrogen) atoms. The fourth-order valence-corrected chi connectivity index (χ4v) is 2.11. The Morgan fingerprint density at radius 3 is 3.22 bits per heavy atom. The van der Waals surface area contributed by atoms with E-state index in [1.54, 1.807) is 4.90 Å². The van der Waals surface area contributed by atoms with Crippen LogP contribution in [0.5, 0.6) is 0 Å². The molecule has 1 fully saturated rings. The normalized spacial score (nSPS) is 20.6. The van der Waals surface area contributed by atoms with Gasteiger partial charge in [0.15, 0.2) is 0 Å². The van der Waals surface area contributed by atoms with E-state index in [0.29, 0.717) is 19.7 Å². The summed E-state index contributed by atoms with van der Waals surface area (Å²) in [7, 11) is 0. The quantitative estimate of drug-likeness (QED) is 0.736. The minimum absolute atomic E-state index is 0.0271. The molecule has 2 rings (SSSR count). The smallest absolute Gasteiger partial charge is 0.257 e. The Morgan fingerprint density at radius 2 is 2.44 bits per heavy atom. The van der Waals surface area contributed by atoms with Gasteiger partial charge in [-0.2, -0.15) is 0 Å². The Hall–Kier alpha value is -1.20. The number of rotatable bonds is 1. The second-order valence-corrected chi connectivity index (χ2v) is 4.64. The molecule has 1 unspecified atom stereocenters. The third kappa shape index (κ3) is 2.97. The summed E-state index contributed by atoms with van der Waals surface area (Å²) < 4.78 is 18.6. The zero-order chi connectivity index (χ0) is 13.1. The van der Waals surface area contributed by atoms with E-state index in [2.05, 4.69) is 4.98 Å². The van der Waals surface area contributed by atoms with Crippen molar-refractivity contribution >= 4 is 17.5 Å². The molecular formula is C12H14ClFN2O2. The van der Waals surface area contributed by atoms with E-state index in [4.69, 9.17) is 16.3 Å². The molecule has 6 heteroatoms. The van der Waals surface area contributed by atoms with Gasteiger partial charge in [0, 0.05) is 19.7 Å². The van der Waals surface area contributed by atoms with E-state index >= 15 is 0 Å². The zero-order valence-corrected chi connectivity index (χ0v) is 10.8. The van der Waals surface area contributed by atoms with Crippen LogP contribution < -0.4 is 0 Å². The molecule has 1 amide bonds. The van der Waals surface area contributed by atoms with Crippen LogP contribution in [0.1, 0.15) is 23.7 Å². The predicted octanol–water partition coefficient (Wildman–Crippen LogP) is 2.13. The largest absolute Gasteiger partial charge is 0.377 e. The van der Waals surface area contributed by atoms with E-state index in [9.17, 15) is 9.18 Å². The topological polar surface area (TPSA) is 42.4 Å². The van der Waals surface area contributed by atoms with Gasteiger partial charge in [-0.15, -0.1) is 0 Å². The summed E-state index contributed by atoms with van der Waals surface area (Å²) in [5.41, 5.74) is 0.103. The van der Waals surface area contributed by atoms with Crippen LogP contribution in [0, 0.1) is 5.82 Å². The van der Waals surface area contributed by atoms with Crippen LogP contribution in [0.15, 0.2) is 12.3 Å². The summed E-state index contributed by atoms with van der Waals surface area (Å²) >= 11 is 5.83. The molecule has 1 aliphatic heterocycles. The van der Waals surface area contributed by atoms with Gasteiger partial charge in [-0.1, -0.05) is 11.6 Å². The van der Waals surface area contributed by atoms with Crippen LogP contribution in [-0.2, 0) is 4.74 Å². The van der Waals surface area contributed by atoms with Gasteiger partial charge < -0.3 is 9.64 Å². The Kier molecular flexibility index (Phi) is 4.14. The standard InChI is InChI=1S/C12H14ClFN2O2/c1-8-7-16(3-2-4-18-8)12(17)10-5-9(14)6-15-11(10)13/h5-6,8H,2-4,7H2,1H3. The predicted molar refractivity (Wildman–Crippen MR) is 65.1 cm³/mol. The second kappa shape index (κ2) is 5.63. The first-order valence-corrected chi connectivity index (χ1v) is 6.17. The third-order valence-electron chi connectivity index (χ3n) is 2.78. The van der Waals surface area contributed by atoms with Crippen LogP contribution in [-0.4, -0.2) is 41.6 Å². The van der Waals surface area contributed by atoms with Crippen molar-refractivity contribution in [1.82, 2.24) is 9.88 Å². The number of hydrogen-bond acceptors (Lipinski definition) is 3. The first kappa shape index (κ1) is 13.2. The summed E-state index contributed by atoms with van der Waals surface area (Å²) in [4.78, 5) is 17.5. The van der Waals surface area contributed by atoms with Gasteiger partial charge in [0.2, 0.25) is 0 Å². The highest BCUT2D eigenvalue weighted by Crippen LogP contribution is 2.17. The average molecular weight is 273 g/mol. The number of amides is 1. The maximum atomic E-state index is 13.1. The molecule has 0 spiro atoms. The van der Waals surface area contributed by atoms with Gasteiger partial charge in [0.05, 0.1) is 17.9 Å². The molecule has 1 aromatic rings. The maximum absolute atomic E-state index is 13.1. The van der Waals surface area contributed by atoms with E-state index < -0.39 is 5.82 Å². The Balaban J connectivity index is 2.21. The SMILES string of the molecule is CC1CN(C(=O)c2cc(F)cnc2Cl)CCCO1. The first-order chi connectivity index (χ1) is 8.58. The summed E-state index contributed by atoms with van der Waals surface area (Å²) in [6.07, 6.45) is 1.72. The molecule has 0 radical (unpaired) electrons. The first-order valence-electron chi connectivity index (χ1n) is 5.80. The van der Waals surface area contributed by atoms with E-state index in [-0.39, 0.29) is 22.7 Å². The van der Waals surface area contributed by atoms with Crippen molar-refractivity contribution in [2.24, 2.45) is 0 Å². The van der Waals surface area contributed by atoms with E-state index in [1.165, 1.54) is 0 Å². The van der Waals surface area contributed by atoms with Crippen molar-refractivity contribution in [1.29, 1.82) is 0 Å². The molecule has 0 N–H and O–H groups in total. The van der Waals surface area contributed by atoms with Crippen molar-refractivity contribution < 1.29 is 13.9 Å². The van der Waals surface area contributed by atoms with Crippen LogP contribution >= 0.6 is 11.6 Å². The fourth-order valence-electron chi connectivity index (χ4n) is 1.92. The number of nitrogens with zero attached hydrogens (tertiary/aromatic N) is 2. The molecule has 0 saturated carbocycles. The summed E-state index contributed by atoms with van der Waals surface area (Å²) in [5, 5.41) is 0.0271. The summed E-state index contributed by atoms with van der Waals surface area (Å²) in [6.45, 7) is 3.58. The highest BCUT2D eigenvalue weighted by Gasteiger charge is 2.23. The van der Waals surface area contributed by atoms with Crippen molar-refractivity contribution in [3.63, 3.8) is 0 Å². The van der Waals surface area contributed by atoms with Crippen molar-refractivity contribution in [2.45, 2.75) is 19.4 Å². The zero-order valence-electron chi connectivity index (χ0n) is 10.0. The highest BCUT2D eigenvalue weighted by molar-refractivity contribution is 6.32. The second-order valence-electron chi connectivity index (χ2n) is 4.28. The molecule has 0 aliphatic carbocycles. The number of aromatic nitrogens is 1. The summed E-state index contributed by atoms with van der Waals surface area (Å²) in [6, 6.07) is 1.12. The van der Waals surface area contributed by atoms with Crippen LogP contribution in [0.4, 0.5) is 4.39 Å². The molecule has 0 aromatic carbocycles. The molecule has 1 atom stereocenters. The van der Waals surface area contributed by atoms with Gasteiger partial charge in [-0.3, -0.25) is 4.79 Å². The van der Waals surface area contributed by atoms with Crippen molar-refractivity contribution in [2.75, 3.05) is 19.7 Å². The lowest BCUT2D eigenvalue weighted by molar-refractivity contribution is 0.0562. The molecule has 1 aliphatic rings. The number of pyridine rings is 1. The Bertz CT molecular complexity index is 456. The fraction of sp³-hybridized carbons (Fsp3) is 0.500. The number of ether oxygens (including phenoxy) is 1. The lowest BCUT2D eigenvalue weighted by Gasteiger charge is -2.22. The van der Waals surface area contributed by atoms with E-state index in [0.717, 1.165) is 18.7 Å². The number of halogens is 2. The molecule has 2 heterocycles. The average Bonchev–Trinajstić information content (AvgIpc) is 2.56. The van der Waals surface area contributed by atoms with Gasteiger partial charge in [0.25, 0.3) is 5.91 Å². The lowest BCUT2D eigenvalue weighted by Crippen LogP contribution is -2.36. The van der Waals surface area contributed by atoms with Crippen molar-refractivity contribution in [3.8, 4) is 0 Å². The molecule has 1 saturated heterocycles. The van der Waals surface area contributed by atoms with Crippen molar-refractivity contribution in [3.05, 3.63) is 28.8 Å². The molecule has 98 valence electrons. The van der Waals surface area contributed by atoms with Gasteiger partial charge in [-0.25, -0.2) is 9.37 Å². The summed E-state index contributed by atoms with van der Waals surface area (Å²) in [5.74, 6) is -0.869. The van der Waals surface area contributed by atoms with Crippen LogP contribution in [0.25, 0.3) is 0 Å². The minimum atomic E-state index is -0.568. The Labute approximate surface area is 110 Å². The number of hydrogen-bond donors (Lipinski definition) is 0. The van der Waals surface area contributed by atoms with E-state index in [1.807, 2.05) is 6.92 Å². The molecule has 4 nitrogen and oxygen atoms in total. The van der Waals surface area contributed by atoms with Crippen LogP contribution in [0.2, 0.25) is 5.15 Å². The molecule has 1 aromatic heterocycles. The van der Waals surface area contributed by atoms with Gasteiger partial charge in [-0.05, 0) is 19.4 Å². The highest BCUT2D eigenvalue weighted by atomic mass is 35.5. The van der Waals surface area contributed by atoms with Crippen LogP contribution in [0.3, 0.4) is 0 Å². The Morgan fingerprint density at radius 1 is 1.67 bits per heavy atom. The minimum Gasteiger partial charge on any atom is -0.377 e. The molecular weight excluding hydrogens is 259 g/mol. The van der Waals surface area contributed by atoms with Gasteiger partial charge in [0.1, 0.15) is 11.0 Å². The molecule has 0 bridgehead atoms. The number of carbonyl (C=O) groups is 1. The monoisotopic (exact) mass is 272 g/mol. The lowest BCUT2D eigenvalue weighted by atomic mass is 10.2.